The third-order valence-electron chi connectivity index (χ3n) is 6.26. The van der Waals surface area contributed by atoms with Crippen LogP contribution in [0.3, 0.4) is 0 Å². The van der Waals surface area contributed by atoms with Crippen molar-refractivity contribution in [3.63, 3.8) is 0 Å². The fourth-order valence-electron chi connectivity index (χ4n) is 4.59. The number of nitrogens with zero attached hydrogens (tertiary/aromatic N) is 4. The number of nitrogens with one attached hydrogen (secondary N) is 1. The van der Waals surface area contributed by atoms with E-state index in [1.165, 1.54) is 17.1 Å². The van der Waals surface area contributed by atoms with Gasteiger partial charge in [-0.1, -0.05) is 30.5 Å². The monoisotopic (exact) mass is 445 g/mol. The van der Waals surface area contributed by atoms with Crippen LogP contribution in [0.1, 0.15) is 42.9 Å². The third kappa shape index (κ3) is 4.83. The molecule has 2 fully saturated rings. The lowest BCUT2D eigenvalue weighted by molar-refractivity contribution is -0.117. The number of amides is 1. The normalized spacial score (nSPS) is 19.0. The van der Waals surface area contributed by atoms with Crippen molar-refractivity contribution in [3.05, 3.63) is 41.6 Å². The van der Waals surface area contributed by atoms with Crippen molar-refractivity contribution in [3.8, 4) is 0 Å². The number of anilines is 1. The highest BCUT2D eigenvalue weighted by Crippen LogP contribution is 2.31. The summed E-state index contributed by atoms with van der Waals surface area (Å²) >= 11 is 0. The van der Waals surface area contributed by atoms with E-state index in [9.17, 15) is 13.2 Å². The van der Waals surface area contributed by atoms with E-state index in [4.69, 9.17) is 0 Å². The van der Waals surface area contributed by atoms with Gasteiger partial charge in [0.2, 0.25) is 15.9 Å². The zero-order chi connectivity index (χ0) is 22.0. The summed E-state index contributed by atoms with van der Waals surface area (Å²) in [4.78, 5) is 15.0. The Morgan fingerprint density at radius 1 is 1.10 bits per heavy atom. The van der Waals surface area contributed by atoms with Gasteiger partial charge in [-0.3, -0.25) is 9.69 Å². The van der Waals surface area contributed by atoms with E-state index in [1.54, 1.807) is 12.3 Å². The molecule has 31 heavy (non-hydrogen) atoms. The van der Waals surface area contributed by atoms with E-state index >= 15 is 0 Å². The Hall–Kier alpha value is -2.23. The first-order chi connectivity index (χ1) is 14.8. The Morgan fingerprint density at radius 3 is 2.48 bits per heavy atom. The Bertz CT molecular complexity index is 1040. The number of piperazine rings is 1. The first-order valence-corrected chi connectivity index (χ1v) is 12.4. The Kier molecular flexibility index (Phi) is 6.45. The van der Waals surface area contributed by atoms with Crippen molar-refractivity contribution in [1.82, 2.24) is 19.0 Å². The predicted molar refractivity (Wildman–Crippen MR) is 119 cm³/mol. The summed E-state index contributed by atoms with van der Waals surface area (Å²) in [5.41, 5.74) is 1.81. The second-order valence-corrected chi connectivity index (χ2v) is 10.5. The van der Waals surface area contributed by atoms with Crippen molar-refractivity contribution in [2.24, 2.45) is 0 Å². The maximum absolute atomic E-state index is 13.0. The van der Waals surface area contributed by atoms with E-state index in [1.807, 2.05) is 41.6 Å². The summed E-state index contributed by atoms with van der Waals surface area (Å²) in [7, 11) is -3.52. The molecule has 1 amide bonds. The number of aryl methyl sites for hydroxylation is 2. The minimum Gasteiger partial charge on any atom is -0.310 e. The number of carbonyl (C=O) groups excluding carboxylic acids is 1. The maximum atomic E-state index is 13.0. The molecule has 8 nitrogen and oxygen atoms in total. The Labute approximate surface area is 184 Å². The van der Waals surface area contributed by atoms with Crippen molar-refractivity contribution in [1.29, 1.82) is 0 Å². The summed E-state index contributed by atoms with van der Waals surface area (Å²) in [6.45, 7) is 5.84. The van der Waals surface area contributed by atoms with Gasteiger partial charge in [0.15, 0.2) is 0 Å². The van der Waals surface area contributed by atoms with Crippen LogP contribution in [0.4, 0.5) is 5.82 Å². The largest absolute Gasteiger partial charge is 0.310 e. The van der Waals surface area contributed by atoms with Gasteiger partial charge in [-0.15, -0.1) is 0 Å². The summed E-state index contributed by atoms with van der Waals surface area (Å²) < 4.78 is 29.5. The molecule has 0 unspecified atom stereocenters. The second-order valence-electron chi connectivity index (χ2n) is 8.60. The van der Waals surface area contributed by atoms with E-state index in [2.05, 4.69) is 10.4 Å². The van der Waals surface area contributed by atoms with Gasteiger partial charge in [-0.2, -0.15) is 9.40 Å². The van der Waals surface area contributed by atoms with Gasteiger partial charge < -0.3 is 5.32 Å². The molecule has 1 aromatic carbocycles. The SMILES string of the molecule is Cc1ccc(S(=O)(=O)N2CCN(CC(=O)Nc3ccnn3C3CCCC3)CC2)c(C)c1. The van der Waals surface area contributed by atoms with E-state index in [0.29, 0.717) is 37.1 Å². The highest BCUT2D eigenvalue weighted by atomic mass is 32.2. The topological polar surface area (TPSA) is 87.5 Å². The van der Waals surface area contributed by atoms with Crippen LogP contribution >= 0.6 is 0 Å². The molecule has 1 saturated carbocycles. The molecule has 1 N–H and O–H groups in total. The quantitative estimate of drug-likeness (QED) is 0.738. The van der Waals surface area contributed by atoms with Gasteiger partial charge in [0.05, 0.1) is 23.7 Å². The summed E-state index contributed by atoms with van der Waals surface area (Å²) in [6.07, 6.45) is 6.33. The molecule has 4 rings (SSSR count). The van der Waals surface area contributed by atoms with Gasteiger partial charge in [-0.25, -0.2) is 13.1 Å². The van der Waals surface area contributed by atoms with Crippen LogP contribution in [0, 0.1) is 13.8 Å². The molecule has 9 heteroatoms. The van der Waals surface area contributed by atoms with Gasteiger partial charge in [-0.05, 0) is 38.3 Å². The standard InChI is InChI=1S/C22H31N5O3S/c1-17-7-8-20(18(2)15-17)31(29,30)26-13-11-25(12-14-26)16-22(28)24-21-9-10-23-27(21)19-5-3-4-6-19/h7-10,15,19H,3-6,11-14,16H2,1-2H3,(H,24,28). The number of hydrogen-bond donors (Lipinski definition) is 1. The van der Waals surface area contributed by atoms with Crippen LogP contribution in [-0.2, 0) is 14.8 Å². The van der Waals surface area contributed by atoms with Crippen molar-refractivity contribution >= 4 is 21.7 Å². The molecule has 0 radical (unpaired) electrons. The summed E-state index contributed by atoms with van der Waals surface area (Å²) in [6, 6.07) is 7.61. The van der Waals surface area contributed by atoms with Crippen LogP contribution in [0.15, 0.2) is 35.4 Å². The van der Waals surface area contributed by atoms with Crippen LogP contribution in [-0.4, -0.2) is 66.0 Å². The number of sulfonamides is 1. The van der Waals surface area contributed by atoms with E-state index in [-0.39, 0.29) is 12.5 Å². The van der Waals surface area contributed by atoms with Crippen molar-refractivity contribution in [2.75, 3.05) is 38.0 Å². The third-order valence-corrected chi connectivity index (χ3v) is 8.31. The lowest BCUT2D eigenvalue weighted by Crippen LogP contribution is -2.50. The zero-order valence-electron chi connectivity index (χ0n) is 18.2. The fraction of sp³-hybridized carbons (Fsp3) is 0.545. The molecule has 0 atom stereocenters. The van der Waals surface area contributed by atoms with Gasteiger partial charge in [0.1, 0.15) is 5.82 Å². The molecule has 1 aromatic heterocycles. The zero-order valence-corrected chi connectivity index (χ0v) is 19.1. The van der Waals surface area contributed by atoms with Crippen LogP contribution in [0.5, 0.6) is 0 Å². The smallest absolute Gasteiger partial charge is 0.243 e. The number of aromatic nitrogens is 2. The Balaban J connectivity index is 1.32. The predicted octanol–water partition coefficient (Wildman–Crippen LogP) is 2.56. The molecule has 2 aromatic rings. The van der Waals surface area contributed by atoms with Crippen LogP contribution in [0.2, 0.25) is 0 Å². The summed E-state index contributed by atoms with van der Waals surface area (Å²) in [5, 5.41) is 7.37. The molecule has 2 aliphatic rings. The van der Waals surface area contributed by atoms with Crippen LogP contribution in [0.25, 0.3) is 0 Å². The highest BCUT2D eigenvalue weighted by Gasteiger charge is 2.30. The number of rotatable bonds is 6. The number of benzene rings is 1. The lowest BCUT2D eigenvalue weighted by Gasteiger charge is -2.33. The molecule has 1 aliphatic carbocycles. The molecular formula is C22H31N5O3S. The van der Waals surface area contributed by atoms with Crippen LogP contribution < -0.4 is 5.32 Å². The van der Waals surface area contributed by atoms with Gasteiger partial charge in [0.25, 0.3) is 0 Å². The highest BCUT2D eigenvalue weighted by molar-refractivity contribution is 7.89. The Morgan fingerprint density at radius 2 is 1.81 bits per heavy atom. The molecule has 1 saturated heterocycles. The van der Waals surface area contributed by atoms with Crippen molar-refractivity contribution < 1.29 is 13.2 Å². The number of carbonyl (C=O) groups is 1. The van der Waals surface area contributed by atoms with Gasteiger partial charge in [0, 0.05) is 32.2 Å². The second kappa shape index (κ2) is 9.10. The molecule has 168 valence electrons. The minimum atomic E-state index is -3.52. The lowest BCUT2D eigenvalue weighted by atomic mass is 10.2. The fourth-order valence-corrected chi connectivity index (χ4v) is 6.22. The average molecular weight is 446 g/mol. The maximum Gasteiger partial charge on any atom is 0.243 e. The van der Waals surface area contributed by atoms with Gasteiger partial charge >= 0.3 is 0 Å². The summed E-state index contributed by atoms with van der Waals surface area (Å²) in [5.74, 6) is 0.651. The first-order valence-electron chi connectivity index (χ1n) is 11.0. The molecule has 0 bridgehead atoms. The molecule has 0 spiro atoms. The minimum absolute atomic E-state index is 0.0922. The molecular weight excluding hydrogens is 414 g/mol. The first kappa shape index (κ1) is 22.0. The van der Waals surface area contributed by atoms with E-state index in [0.717, 1.165) is 29.8 Å². The van der Waals surface area contributed by atoms with Crippen molar-refractivity contribution in [2.45, 2.75) is 50.5 Å². The van der Waals surface area contributed by atoms with E-state index < -0.39 is 10.0 Å². The average Bonchev–Trinajstić information content (AvgIpc) is 3.39. The number of hydrogen-bond acceptors (Lipinski definition) is 5. The molecule has 1 aliphatic heterocycles. The molecule has 2 heterocycles.